The second kappa shape index (κ2) is 8.30. The molecule has 3 rings (SSSR count). The molecule has 0 bridgehead atoms. The Labute approximate surface area is 146 Å². The van der Waals surface area contributed by atoms with E-state index in [1.165, 1.54) is 5.56 Å². The first-order valence-electron chi connectivity index (χ1n) is 8.28. The van der Waals surface area contributed by atoms with Crippen LogP contribution in [0, 0.1) is 0 Å². The first kappa shape index (κ1) is 17.0. The van der Waals surface area contributed by atoms with Gasteiger partial charge in [0, 0.05) is 18.5 Å². The minimum atomic E-state index is 0.0541. The molecule has 0 fully saturated rings. The fraction of sp³-hybridized carbons (Fsp3) is 0.263. The Morgan fingerprint density at radius 1 is 0.960 bits per heavy atom. The van der Waals surface area contributed by atoms with E-state index in [1.807, 2.05) is 36.4 Å². The van der Waals surface area contributed by atoms with Crippen LogP contribution in [-0.2, 0) is 6.42 Å². The summed E-state index contributed by atoms with van der Waals surface area (Å²) in [7, 11) is 1.66. The number of nitrogens with one attached hydrogen (secondary N) is 2. The Balaban J connectivity index is 1.69. The number of para-hydroxylation sites is 1. The van der Waals surface area contributed by atoms with Crippen molar-refractivity contribution < 1.29 is 9.84 Å². The van der Waals surface area contributed by atoms with Crippen LogP contribution in [0.25, 0.3) is 10.9 Å². The van der Waals surface area contributed by atoms with Crippen LogP contribution in [0.1, 0.15) is 5.56 Å². The second-order valence-corrected chi connectivity index (χ2v) is 5.59. The average molecular weight is 338 g/mol. The van der Waals surface area contributed by atoms with Gasteiger partial charge in [0.15, 0.2) is 0 Å². The Bertz CT molecular complexity index is 821. The molecule has 6 nitrogen and oxygen atoms in total. The summed E-state index contributed by atoms with van der Waals surface area (Å²) in [4.78, 5) is 9.09. The number of aliphatic hydroxyl groups is 1. The number of nitrogens with zero attached hydrogens (tertiary/aromatic N) is 2. The third kappa shape index (κ3) is 4.36. The van der Waals surface area contributed by atoms with Gasteiger partial charge < -0.3 is 20.5 Å². The van der Waals surface area contributed by atoms with Crippen molar-refractivity contribution >= 4 is 22.7 Å². The fourth-order valence-corrected chi connectivity index (χ4v) is 2.58. The number of rotatable bonds is 8. The molecule has 0 saturated heterocycles. The molecule has 2 aromatic carbocycles. The van der Waals surface area contributed by atoms with Crippen molar-refractivity contribution in [3.05, 3.63) is 54.1 Å². The predicted octanol–water partition coefficient (Wildman–Crippen LogP) is 2.70. The van der Waals surface area contributed by atoms with E-state index >= 15 is 0 Å². The van der Waals surface area contributed by atoms with Gasteiger partial charge in [-0.05, 0) is 36.2 Å². The summed E-state index contributed by atoms with van der Waals surface area (Å²) < 4.78 is 5.17. The largest absolute Gasteiger partial charge is 0.497 e. The molecular weight excluding hydrogens is 316 g/mol. The van der Waals surface area contributed by atoms with Crippen LogP contribution in [0.15, 0.2) is 48.5 Å². The van der Waals surface area contributed by atoms with Crippen molar-refractivity contribution in [3.8, 4) is 5.75 Å². The lowest BCUT2D eigenvalue weighted by atomic mass is 10.1. The first-order valence-corrected chi connectivity index (χ1v) is 8.28. The van der Waals surface area contributed by atoms with E-state index in [0.29, 0.717) is 12.5 Å². The van der Waals surface area contributed by atoms with Gasteiger partial charge in [-0.25, -0.2) is 4.98 Å². The molecule has 3 N–H and O–H groups in total. The first-order chi connectivity index (χ1) is 12.3. The van der Waals surface area contributed by atoms with Crippen molar-refractivity contribution in [2.75, 3.05) is 37.4 Å². The van der Waals surface area contributed by atoms with Crippen molar-refractivity contribution in [2.24, 2.45) is 0 Å². The zero-order valence-corrected chi connectivity index (χ0v) is 14.2. The number of aromatic nitrogens is 2. The summed E-state index contributed by atoms with van der Waals surface area (Å²) in [6, 6.07) is 15.8. The van der Waals surface area contributed by atoms with Crippen LogP contribution >= 0.6 is 0 Å². The Hall–Kier alpha value is -2.86. The van der Waals surface area contributed by atoms with Crippen molar-refractivity contribution in [3.63, 3.8) is 0 Å². The zero-order valence-electron chi connectivity index (χ0n) is 14.2. The third-order valence-electron chi connectivity index (χ3n) is 3.86. The Kier molecular flexibility index (Phi) is 5.64. The number of methoxy groups -OCH3 is 1. The number of anilines is 2. The normalized spacial score (nSPS) is 10.6. The lowest BCUT2D eigenvalue weighted by Gasteiger charge is -2.11. The summed E-state index contributed by atoms with van der Waals surface area (Å²) in [6.07, 6.45) is 0.861. The van der Waals surface area contributed by atoms with E-state index in [2.05, 4.69) is 32.7 Å². The van der Waals surface area contributed by atoms with Crippen molar-refractivity contribution in [1.29, 1.82) is 0 Å². The molecule has 0 radical (unpaired) electrons. The maximum absolute atomic E-state index is 9.04. The molecular formula is C19H22N4O2. The Morgan fingerprint density at radius 2 is 1.76 bits per heavy atom. The standard InChI is InChI=1S/C19H22N4O2/c1-25-15-8-6-14(7-9-15)10-11-21-19-22-17-5-3-2-4-16(17)18(23-19)20-12-13-24/h2-9,24H,10-13H2,1H3,(H2,20,21,22,23). The topological polar surface area (TPSA) is 79.3 Å². The maximum atomic E-state index is 9.04. The number of aliphatic hydroxyl groups excluding tert-OH is 1. The predicted molar refractivity (Wildman–Crippen MR) is 100 cm³/mol. The van der Waals surface area contributed by atoms with E-state index in [9.17, 15) is 0 Å². The van der Waals surface area contributed by atoms with E-state index in [4.69, 9.17) is 9.84 Å². The smallest absolute Gasteiger partial charge is 0.225 e. The van der Waals surface area contributed by atoms with Gasteiger partial charge in [-0.3, -0.25) is 0 Å². The van der Waals surface area contributed by atoms with Gasteiger partial charge in [0.25, 0.3) is 0 Å². The maximum Gasteiger partial charge on any atom is 0.225 e. The molecule has 0 spiro atoms. The number of hydrogen-bond donors (Lipinski definition) is 3. The zero-order chi connectivity index (χ0) is 17.5. The molecule has 6 heteroatoms. The van der Waals surface area contributed by atoms with Gasteiger partial charge >= 0.3 is 0 Å². The molecule has 0 unspecified atom stereocenters. The van der Waals surface area contributed by atoms with E-state index in [-0.39, 0.29) is 6.61 Å². The average Bonchev–Trinajstić information content (AvgIpc) is 2.66. The third-order valence-corrected chi connectivity index (χ3v) is 3.86. The highest BCUT2D eigenvalue weighted by molar-refractivity contribution is 5.89. The number of ether oxygens (including phenoxy) is 1. The lowest BCUT2D eigenvalue weighted by molar-refractivity contribution is 0.311. The van der Waals surface area contributed by atoms with Crippen molar-refractivity contribution in [1.82, 2.24) is 9.97 Å². The number of fused-ring (bicyclic) bond motifs is 1. The molecule has 25 heavy (non-hydrogen) atoms. The van der Waals surface area contributed by atoms with Gasteiger partial charge in [0.05, 0.1) is 19.2 Å². The Morgan fingerprint density at radius 3 is 2.52 bits per heavy atom. The van der Waals surface area contributed by atoms with E-state index in [0.717, 1.165) is 35.4 Å². The summed E-state index contributed by atoms with van der Waals surface area (Å²) >= 11 is 0. The minimum Gasteiger partial charge on any atom is -0.497 e. The highest BCUT2D eigenvalue weighted by Gasteiger charge is 2.07. The van der Waals surface area contributed by atoms with Crippen molar-refractivity contribution in [2.45, 2.75) is 6.42 Å². The van der Waals surface area contributed by atoms with Gasteiger partial charge in [0.1, 0.15) is 11.6 Å². The highest BCUT2D eigenvalue weighted by atomic mass is 16.5. The molecule has 0 aliphatic heterocycles. The number of hydrogen-bond acceptors (Lipinski definition) is 6. The molecule has 0 aliphatic carbocycles. The fourth-order valence-electron chi connectivity index (χ4n) is 2.58. The van der Waals surface area contributed by atoms with Gasteiger partial charge in [0.2, 0.25) is 5.95 Å². The molecule has 0 saturated carbocycles. The highest BCUT2D eigenvalue weighted by Crippen LogP contribution is 2.21. The summed E-state index contributed by atoms with van der Waals surface area (Å²) in [5.74, 6) is 2.16. The summed E-state index contributed by atoms with van der Waals surface area (Å²) in [6.45, 7) is 1.23. The monoisotopic (exact) mass is 338 g/mol. The number of benzene rings is 2. The van der Waals surface area contributed by atoms with Gasteiger partial charge in [-0.15, -0.1) is 0 Å². The summed E-state index contributed by atoms with van der Waals surface area (Å²) in [5.41, 5.74) is 2.08. The quantitative estimate of drug-likeness (QED) is 0.586. The molecule has 130 valence electrons. The second-order valence-electron chi connectivity index (χ2n) is 5.59. The molecule has 0 aliphatic rings. The van der Waals surface area contributed by atoms with Gasteiger partial charge in [-0.1, -0.05) is 24.3 Å². The molecule has 1 aromatic heterocycles. The SMILES string of the molecule is COc1ccc(CCNc2nc(NCCO)c3ccccc3n2)cc1. The van der Waals surface area contributed by atoms with Crippen LogP contribution in [0.3, 0.4) is 0 Å². The molecule has 0 atom stereocenters. The van der Waals surface area contributed by atoms with E-state index in [1.54, 1.807) is 7.11 Å². The van der Waals surface area contributed by atoms with Crippen LogP contribution < -0.4 is 15.4 Å². The molecule has 1 heterocycles. The summed E-state index contributed by atoms with van der Waals surface area (Å²) in [5, 5.41) is 16.4. The van der Waals surface area contributed by atoms with Crippen LogP contribution in [0.5, 0.6) is 5.75 Å². The van der Waals surface area contributed by atoms with Gasteiger partial charge in [-0.2, -0.15) is 4.98 Å². The van der Waals surface area contributed by atoms with Crippen LogP contribution in [0.2, 0.25) is 0 Å². The minimum absolute atomic E-state index is 0.0541. The van der Waals surface area contributed by atoms with Crippen LogP contribution in [0.4, 0.5) is 11.8 Å². The molecule has 3 aromatic rings. The lowest BCUT2D eigenvalue weighted by Crippen LogP contribution is -2.12. The van der Waals surface area contributed by atoms with Crippen LogP contribution in [-0.4, -0.2) is 41.9 Å². The molecule has 0 amide bonds. The van der Waals surface area contributed by atoms with E-state index < -0.39 is 0 Å².